The van der Waals surface area contributed by atoms with Crippen molar-refractivity contribution in [2.75, 3.05) is 18.8 Å². The van der Waals surface area contributed by atoms with Gasteiger partial charge in [0.25, 0.3) is 11.6 Å². The Kier molecular flexibility index (Phi) is 4.36. The molecule has 21 heavy (non-hydrogen) atoms. The molecule has 8 heteroatoms. The minimum Gasteiger partial charge on any atom is -0.399 e. The lowest BCUT2D eigenvalue weighted by Gasteiger charge is -2.07. The topological polar surface area (TPSA) is 127 Å². The van der Waals surface area contributed by atoms with Crippen LogP contribution in [-0.4, -0.2) is 29.8 Å². The fourth-order valence-electron chi connectivity index (χ4n) is 1.84. The highest BCUT2D eigenvalue weighted by molar-refractivity contribution is 5.99. The molecular weight excluding hydrogens is 276 g/mol. The molecule has 1 aromatic rings. The van der Waals surface area contributed by atoms with Gasteiger partial charge in [0.15, 0.2) is 0 Å². The summed E-state index contributed by atoms with van der Waals surface area (Å²) in [5.41, 5.74) is 5.42. The third-order valence-electron chi connectivity index (χ3n) is 3.12. The second-order valence-electron chi connectivity index (χ2n) is 4.85. The van der Waals surface area contributed by atoms with Gasteiger partial charge in [-0.3, -0.25) is 19.7 Å². The van der Waals surface area contributed by atoms with E-state index < -0.39 is 10.8 Å². The number of nitrogens with zero attached hydrogens (tertiary/aromatic N) is 1. The van der Waals surface area contributed by atoms with Gasteiger partial charge >= 0.3 is 0 Å². The molecule has 2 rings (SSSR count). The first-order valence-electron chi connectivity index (χ1n) is 6.59. The highest BCUT2D eigenvalue weighted by Crippen LogP contribution is 2.28. The molecule has 1 aromatic carbocycles. The first-order valence-corrected chi connectivity index (χ1v) is 6.59. The maximum atomic E-state index is 11.9. The summed E-state index contributed by atoms with van der Waals surface area (Å²) >= 11 is 0. The largest absolute Gasteiger partial charge is 0.399 e. The average molecular weight is 292 g/mol. The molecule has 1 saturated carbocycles. The van der Waals surface area contributed by atoms with Crippen LogP contribution >= 0.6 is 0 Å². The number of rotatable bonds is 6. The molecule has 0 radical (unpaired) electrons. The third-order valence-corrected chi connectivity index (χ3v) is 3.12. The zero-order valence-corrected chi connectivity index (χ0v) is 11.3. The van der Waals surface area contributed by atoms with Crippen molar-refractivity contribution in [3.8, 4) is 0 Å². The highest BCUT2D eigenvalue weighted by atomic mass is 16.6. The maximum absolute atomic E-state index is 11.9. The van der Waals surface area contributed by atoms with Crippen LogP contribution < -0.4 is 16.4 Å². The van der Waals surface area contributed by atoms with Gasteiger partial charge in [-0.05, 0) is 25.0 Å². The number of nitro groups is 1. The summed E-state index contributed by atoms with van der Waals surface area (Å²) in [5, 5.41) is 16.1. The quantitative estimate of drug-likeness (QED) is 0.303. The average Bonchev–Trinajstić information content (AvgIpc) is 3.27. The summed E-state index contributed by atoms with van der Waals surface area (Å²) in [6, 6.07) is 3.82. The van der Waals surface area contributed by atoms with Gasteiger partial charge in [0.05, 0.1) is 4.92 Å². The standard InChI is InChI=1S/C13H16N4O4/c14-9-3-4-11(17(20)21)10(7-9)13(19)16-6-5-15-12(18)8-1-2-8/h3-4,7-8H,1-2,5-6,14H2,(H,15,18)(H,16,19). The van der Waals surface area contributed by atoms with Crippen LogP contribution in [0, 0.1) is 16.0 Å². The van der Waals surface area contributed by atoms with Gasteiger partial charge < -0.3 is 16.4 Å². The Bertz CT molecular complexity index is 584. The number of anilines is 1. The Morgan fingerprint density at radius 1 is 1.29 bits per heavy atom. The lowest BCUT2D eigenvalue weighted by atomic mass is 10.1. The molecule has 4 N–H and O–H groups in total. The molecule has 2 amide bonds. The van der Waals surface area contributed by atoms with E-state index in [4.69, 9.17) is 5.73 Å². The lowest BCUT2D eigenvalue weighted by Crippen LogP contribution is -2.35. The van der Waals surface area contributed by atoms with E-state index in [-0.39, 0.29) is 41.9 Å². The smallest absolute Gasteiger partial charge is 0.282 e. The van der Waals surface area contributed by atoms with Crippen molar-refractivity contribution in [2.45, 2.75) is 12.8 Å². The van der Waals surface area contributed by atoms with Gasteiger partial charge in [-0.2, -0.15) is 0 Å². The maximum Gasteiger partial charge on any atom is 0.282 e. The predicted octanol–water partition coefficient (Wildman–Crippen LogP) is 0.433. The van der Waals surface area contributed by atoms with E-state index in [0.717, 1.165) is 12.8 Å². The van der Waals surface area contributed by atoms with E-state index in [1.807, 2.05) is 0 Å². The van der Waals surface area contributed by atoms with E-state index in [2.05, 4.69) is 10.6 Å². The predicted molar refractivity (Wildman–Crippen MR) is 75.6 cm³/mol. The highest BCUT2D eigenvalue weighted by Gasteiger charge is 2.29. The minimum atomic E-state index is -0.636. The van der Waals surface area contributed by atoms with Gasteiger partial charge in [-0.15, -0.1) is 0 Å². The number of nitrogens with two attached hydrogens (primary N) is 1. The lowest BCUT2D eigenvalue weighted by molar-refractivity contribution is -0.385. The summed E-state index contributed by atoms with van der Waals surface area (Å²) in [6.07, 6.45) is 1.82. The number of nitrogens with one attached hydrogen (secondary N) is 2. The number of amides is 2. The zero-order valence-electron chi connectivity index (χ0n) is 11.3. The van der Waals surface area contributed by atoms with E-state index in [1.54, 1.807) is 0 Å². The fraction of sp³-hybridized carbons (Fsp3) is 0.385. The molecule has 0 saturated heterocycles. The van der Waals surface area contributed by atoms with Crippen LogP contribution in [0.2, 0.25) is 0 Å². The fourth-order valence-corrected chi connectivity index (χ4v) is 1.84. The van der Waals surface area contributed by atoms with Crippen molar-refractivity contribution in [1.82, 2.24) is 10.6 Å². The van der Waals surface area contributed by atoms with Crippen LogP contribution in [0.15, 0.2) is 18.2 Å². The molecule has 0 heterocycles. The Hall–Kier alpha value is -2.64. The van der Waals surface area contributed by atoms with Gasteiger partial charge in [-0.25, -0.2) is 0 Å². The minimum absolute atomic E-state index is 0.0146. The molecule has 8 nitrogen and oxygen atoms in total. The Morgan fingerprint density at radius 3 is 2.57 bits per heavy atom. The molecule has 112 valence electrons. The molecule has 0 atom stereocenters. The normalized spacial score (nSPS) is 13.5. The van der Waals surface area contributed by atoms with E-state index in [1.165, 1.54) is 18.2 Å². The molecule has 1 aliphatic carbocycles. The summed E-state index contributed by atoms with van der Waals surface area (Å²) in [7, 11) is 0. The van der Waals surface area contributed by atoms with Crippen LogP contribution in [0.1, 0.15) is 23.2 Å². The first-order chi connectivity index (χ1) is 9.99. The Balaban J connectivity index is 1.89. The SMILES string of the molecule is Nc1ccc([N+](=O)[O-])c(C(=O)NCCNC(=O)C2CC2)c1. The van der Waals surface area contributed by atoms with Crippen LogP contribution in [-0.2, 0) is 4.79 Å². The number of hydrogen-bond acceptors (Lipinski definition) is 5. The van der Waals surface area contributed by atoms with E-state index in [9.17, 15) is 19.7 Å². The van der Waals surface area contributed by atoms with Crippen molar-refractivity contribution in [1.29, 1.82) is 0 Å². The van der Waals surface area contributed by atoms with Gasteiger partial charge in [-0.1, -0.05) is 0 Å². The van der Waals surface area contributed by atoms with E-state index >= 15 is 0 Å². The van der Waals surface area contributed by atoms with Gasteiger partial charge in [0.2, 0.25) is 5.91 Å². The number of carbonyl (C=O) groups is 2. The summed E-state index contributed by atoms with van der Waals surface area (Å²) < 4.78 is 0. The molecule has 1 fully saturated rings. The number of hydrogen-bond donors (Lipinski definition) is 3. The Morgan fingerprint density at radius 2 is 1.95 bits per heavy atom. The van der Waals surface area contributed by atoms with Crippen molar-refractivity contribution in [3.63, 3.8) is 0 Å². The van der Waals surface area contributed by atoms with Crippen LogP contribution in [0.5, 0.6) is 0 Å². The number of nitro benzene ring substituents is 1. The van der Waals surface area contributed by atoms with Crippen LogP contribution in [0.4, 0.5) is 11.4 Å². The number of nitrogen functional groups attached to an aromatic ring is 1. The van der Waals surface area contributed by atoms with Crippen molar-refractivity contribution in [2.24, 2.45) is 5.92 Å². The molecular formula is C13H16N4O4. The van der Waals surface area contributed by atoms with Crippen molar-refractivity contribution < 1.29 is 14.5 Å². The number of carbonyl (C=O) groups excluding carboxylic acids is 2. The van der Waals surface area contributed by atoms with Crippen molar-refractivity contribution in [3.05, 3.63) is 33.9 Å². The molecule has 0 aliphatic heterocycles. The summed E-state index contributed by atoms with van der Waals surface area (Å²) in [6.45, 7) is 0.487. The Labute approximate surface area is 120 Å². The second kappa shape index (κ2) is 6.21. The molecule has 0 unspecified atom stereocenters. The second-order valence-corrected chi connectivity index (χ2v) is 4.85. The van der Waals surface area contributed by atoms with Crippen LogP contribution in [0.25, 0.3) is 0 Å². The van der Waals surface area contributed by atoms with Gasteiger partial charge in [0, 0.05) is 30.8 Å². The number of benzene rings is 1. The van der Waals surface area contributed by atoms with Gasteiger partial charge in [0.1, 0.15) is 5.56 Å². The van der Waals surface area contributed by atoms with Crippen LogP contribution in [0.3, 0.4) is 0 Å². The zero-order chi connectivity index (χ0) is 15.4. The van der Waals surface area contributed by atoms with Crippen molar-refractivity contribution >= 4 is 23.2 Å². The monoisotopic (exact) mass is 292 g/mol. The molecule has 0 bridgehead atoms. The molecule has 0 spiro atoms. The summed E-state index contributed by atoms with van der Waals surface area (Å²) in [5.74, 6) is -0.496. The molecule has 1 aliphatic rings. The van der Waals surface area contributed by atoms with E-state index in [0.29, 0.717) is 0 Å². The first kappa shape index (κ1) is 14.8. The molecule has 0 aromatic heterocycles. The third kappa shape index (κ3) is 3.91. The summed E-state index contributed by atoms with van der Waals surface area (Å²) in [4.78, 5) is 33.5.